The molecule has 23 heavy (non-hydrogen) atoms. The number of benzene rings is 1. The maximum Gasteiger partial charge on any atom is 0.226 e. The highest BCUT2D eigenvalue weighted by atomic mass is 16.1. The molecule has 6 nitrogen and oxygen atoms in total. The first-order valence-corrected chi connectivity index (χ1v) is 7.58. The predicted octanol–water partition coefficient (Wildman–Crippen LogP) is 2.39. The molecule has 116 valence electrons. The second-order valence-corrected chi connectivity index (χ2v) is 5.81. The van der Waals surface area contributed by atoms with Gasteiger partial charge in [-0.1, -0.05) is 18.2 Å². The summed E-state index contributed by atoms with van der Waals surface area (Å²) in [6, 6.07) is 11.8. The monoisotopic (exact) mass is 307 g/mol. The molecule has 1 aliphatic heterocycles. The number of aryl methyl sites for hydroxylation is 2. The molecule has 0 radical (unpaired) electrons. The van der Waals surface area contributed by atoms with E-state index in [0.717, 1.165) is 28.5 Å². The van der Waals surface area contributed by atoms with Gasteiger partial charge >= 0.3 is 0 Å². The predicted molar refractivity (Wildman–Crippen MR) is 86.6 cm³/mol. The van der Waals surface area contributed by atoms with Crippen LogP contribution < -0.4 is 5.32 Å². The lowest BCUT2D eigenvalue weighted by atomic mass is 9.89. The third-order valence-electron chi connectivity index (χ3n) is 4.19. The standard InChI is InChI=1S/C17H17N5O/c1-11-16-13(14-8-9-21(2)20-14)10-15(23)18-17(16)22(19-11)12-6-4-3-5-7-12/h3-9,13H,10H2,1-2H3,(H,18,23). The van der Waals surface area contributed by atoms with Crippen molar-refractivity contribution in [2.75, 3.05) is 5.32 Å². The van der Waals surface area contributed by atoms with E-state index in [1.807, 2.05) is 56.6 Å². The minimum absolute atomic E-state index is 0.00904. The summed E-state index contributed by atoms with van der Waals surface area (Å²) in [6.45, 7) is 1.98. The van der Waals surface area contributed by atoms with Crippen LogP contribution in [0.5, 0.6) is 0 Å². The van der Waals surface area contributed by atoms with Crippen LogP contribution in [-0.2, 0) is 11.8 Å². The molecular formula is C17H17N5O. The number of anilines is 1. The smallest absolute Gasteiger partial charge is 0.226 e. The van der Waals surface area contributed by atoms with Gasteiger partial charge in [0.25, 0.3) is 0 Å². The Labute approximate surface area is 133 Å². The first-order chi connectivity index (χ1) is 11.1. The average molecular weight is 307 g/mol. The first kappa shape index (κ1) is 13.8. The number of aromatic nitrogens is 4. The molecule has 1 aliphatic rings. The van der Waals surface area contributed by atoms with Crippen molar-refractivity contribution in [3.05, 3.63) is 59.5 Å². The van der Waals surface area contributed by atoms with Crippen molar-refractivity contribution in [2.45, 2.75) is 19.3 Å². The second kappa shape index (κ2) is 5.08. The topological polar surface area (TPSA) is 64.7 Å². The van der Waals surface area contributed by atoms with Gasteiger partial charge in [-0.2, -0.15) is 10.2 Å². The number of amides is 1. The molecule has 1 amide bonds. The van der Waals surface area contributed by atoms with Crippen molar-refractivity contribution < 1.29 is 4.79 Å². The molecule has 1 aromatic carbocycles. The number of fused-ring (bicyclic) bond motifs is 1. The lowest BCUT2D eigenvalue weighted by Crippen LogP contribution is -2.25. The maximum absolute atomic E-state index is 12.2. The summed E-state index contributed by atoms with van der Waals surface area (Å²) < 4.78 is 3.57. The highest BCUT2D eigenvalue weighted by Gasteiger charge is 2.33. The molecule has 0 saturated carbocycles. The third kappa shape index (κ3) is 2.23. The number of nitrogens with zero attached hydrogens (tertiary/aromatic N) is 4. The summed E-state index contributed by atoms with van der Waals surface area (Å²) in [4.78, 5) is 12.2. The molecule has 0 saturated heterocycles. The summed E-state index contributed by atoms with van der Waals surface area (Å²) in [5.74, 6) is 0.684. The number of hydrogen-bond donors (Lipinski definition) is 1. The number of rotatable bonds is 2. The van der Waals surface area contributed by atoms with Crippen LogP contribution in [0.25, 0.3) is 5.69 Å². The van der Waals surface area contributed by atoms with E-state index in [-0.39, 0.29) is 11.8 Å². The van der Waals surface area contributed by atoms with Crippen LogP contribution in [0.15, 0.2) is 42.6 Å². The molecule has 1 N–H and O–H groups in total. The van der Waals surface area contributed by atoms with Crippen LogP contribution in [0, 0.1) is 6.92 Å². The molecule has 1 unspecified atom stereocenters. The summed E-state index contributed by atoms with van der Waals surface area (Å²) in [6.07, 6.45) is 2.30. The van der Waals surface area contributed by atoms with Crippen molar-refractivity contribution in [2.24, 2.45) is 7.05 Å². The lowest BCUT2D eigenvalue weighted by molar-refractivity contribution is -0.116. The number of para-hydroxylation sites is 1. The number of carbonyl (C=O) groups excluding carboxylic acids is 1. The van der Waals surface area contributed by atoms with Crippen LogP contribution in [-0.4, -0.2) is 25.5 Å². The lowest BCUT2D eigenvalue weighted by Gasteiger charge is -2.22. The largest absolute Gasteiger partial charge is 0.310 e. The normalized spacial score (nSPS) is 17.0. The highest BCUT2D eigenvalue weighted by molar-refractivity contribution is 5.95. The Balaban J connectivity index is 1.89. The molecule has 0 aliphatic carbocycles. The van der Waals surface area contributed by atoms with E-state index in [1.54, 1.807) is 9.36 Å². The fourth-order valence-electron chi connectivity index (χ4n) is 3.17. The molecule has 0 spiro atoms. The Kier molecular flexibility index (Phi) is 3.04. The zero-order chi connectivity index (χ0) is 16.0. The van der Waals surface area contributed by atoms with E-state index in [1.165, 1.54) is 0 Å². The van der Waals surface area contributed by atoms with E-state index in [9.17, 15) is 4.79 Å². The Hall–Kier alpha value is -2.89. The molecule has 1 atom stereocenters. The fraction of sp³-hybridized carbons (Fsp3) is 0.235. The quantitative estimate of drug-likeness (QED) is 0.790. The van der Waals surface area contributed by atoms with E-state index in [4.69, 9.17) is 0 Å². The minimum Gasteiger partial charge on any atom is -0.310 e. The van der Waals surface area contributed by atoms with Gasteiger partial charge in [-0.25, -0.2) is 4.68 Å². The number of carbonyl (C=O) groups is 1. The first-order valence-electron chi connectivity index (χ1n) is 7.58. The van der Waals surface area contributed by atoms with Crippen LogP contribution >= 0.6 is 0 Å². The van der Waals surface area contributed by atoms with Crippen LogP contribution in [0.4, 0.5) is 5.82 Å². The van der Waals surface area contributed by atoms with E-state index < -0.39 is 0 Å². The highest BCUT2D eigenvalue weighted by Crippen LogP contribution is 2.39. The van der Waals surface area contributed by atoms with Gasteiger partial charge < -0.3 is 5.32 Å². The van der Waals surface area contributed by atoms with E-state index in [0.29, 0.717) is 6.42 Å². The molecule has 3 heterocycles. The summed E-state index contributed by atoms with van der Waals surface area (Å²) >= 11 is 0. The Morgan fingerprint density at radius 1 is 1.17 bits per heavy atom. The molecule has 6 heteroatoms. The zero-order valence-electron chi connectivity index (χ0n) is 13.0. The molecule has 4 rings (SSSR count). The summed E-state index contributed by atoms with van der Waals surface area (Å²) in [5, 5.41) is 12.1. The van der Waals surface area contributed by atoms with Gasteiger partial charge in [-0.15, -0.1) is 0 Å². The summed E-state index contributed by atoms with van der Waals surface area (Å²) in [5.41, 5.74) is 3.80. The maximum atomic E-state index is 12.2. The van der Waals surface area contributed by atoms with Crippen molar-refractivity contribution in [1.82, 2.24) is 19.6 Å². The number of hydrogen-bond acceptors (Lipinski definition) is 3. The van der Waals surface area contributed by atoms with Crippen LogP contribution in [0.3, 0.4) is 0 Å². The molecule has 3 aromatic rings. The average Bonchev–Trinajstić information content (AvgIpc) is 3.12. The van der Waals surface area contributed by atoms with Crippen molar-refractivity contribution >= 4 is 11.7 Å². The van der Waals surface area contributed by atoms with Gasteiger partial charge in [0.1, 0.15) is 5.82 Å². The van der Waals surface area contributed by atoms with E-state index >= 15 is 0 Å². The van der Waals surface area contributed by atoms with Gasteiger partial charge in [-0.05, 0) is 25.1 Å². The third-order valence-corrected chi connectivity index (χ3v) is 4.19. The Morgan fingerprint density at radius 2 is 1.96 bits per heavy atom. The molecular weight excluding hydrogens is 290 g/mol. The fourth-order valence-corrected chi connectivity index (χ4v) is 3.17. The summed E-state index contributed by atoms with van der Waals surface area (Å²) in [7, 11) is 1.88. The second-order valence-electron chi connectivity index (χ2n) is 5.81. The SMILES string of the molecule is Cc1nn(-c2ccccc2)c2c1C(c1ccn(C)n1)CC(=O)N2. The van der Waals surface area contributed by atoms with Gasteiger partial charge in [0.15, 0.2) is 0 Å². The van der Waals surface area contributed by atoms with Crippen molar-refractivity contribution in [1.29, 1.82) is 0 Å². The molecule has 0 bridgehead atoms. The van der Waals surface area contributed by atoms with Gasteiger partial charge in [0.05, 0.1) is 17.1 Å². The molecule has 2 aromatic heterocycles. The van der Waals surface area contributed by atoms with E-state index in [2.05, 4.69) is 15.5 Å². The van der Waals surface area contributed by atoms with Crippen LogP contribution in [0.2, 0.25) is 0 Å². The van der Waals surface area contributed by atoms with Crippen molar-refractivity contribution in [3.63, 3.8) is 0 Å². The Bertz CT molecular complexity index is 878. The van der Waals surface area contributed by atoms with Gasteiger partial charge in [0.2, 0.25) is 5.91 Å². The zero-order valence-corrected chi connectivity index (χ0v) is 13.0. The molecule has 0 fully saturated rings. The van der Waals surface area contributed by atoms with Gasteiger partial charge in [0, 0.05) is 31.1 Å². The van der Waals surface area contributed by atoms with Gasteiger partial charge in [-0.3, -0.25) is 9.48 Å². The van der Waals surface area contributed by atoms with Crippen LogP contribution in [0.1, 0.15) is 29.3 Å². The Morgan fingerprint density at radius 3 is 2.65 bits per heavy atom. The minimum atomic E-state index is -0.0580. The number of nitrogens with one attached hydrogen (secondary N) is 1. The van der Waals surface area contributed by atoms with Crippen molar-refractivity contribution in [3.8, 4) is 5.69 Å².